The molecule has 1 amide bonds. The van der Waals surface area contributed by atoms with Crippen molar-refractivity contribution in [2.24, 2.45) is 0 Å². The molecule has 0 fully saturated rings. The highest BCUT2D eigenvalue weighted by Gasteiger charge is 2.10. The summed E-state index contributed by atoms with van der Waals surface area (Å²) >= 11 is 1.64. The number of rotatable bonds is 8. The molecule has 0 spiro atoms. The molecule has 1 heterocycles. The normalized spacial score (nSPS) is 10.6. The Bertz CT molecular complexity index is 1330. The molecule has 0 aliphatic carbocycles. The van der Waals surface area contributed by atoms with Gasteiger partial charge in [-0.2, -0.15) is 0 Å². The first-order valence-electron chi connectivity index (χ1n) is 11.2. The van der Waals surface area contributed by atoms with Crippen molar-refractivity contribution in [2.75, 3.05) is 20.5 Å². The van der Waals surface area contributed by atoms with E-state index in [0.29, 0.717) is 12.1 Å². The lowest BCUT2D eigenvalue weighted by atomic mass is 9.99. The molecule has 3 aromatic carbocycles. The minimum atomic E-state index is -0.110. The molecule has 6 heteroatoms. The second kappa shape index (κ2) is 11.1. The number of pyridine rings is 1. The first-order valence-corrected chi connectivity index (χ1v) is 12.4. The number of aromatic nitrogens is 1. The number of amides is 1. The average molecular weight is 485 g/mol. The smallest absolute Gasteiger partial charge is 0.251 e. The van der Waals surface area contributed by atoms with Gasteiger partial charge >= 0.3 is 0 Å². The Morgan fingerprint density at radius 1 is 0.857 bits per heavy atom. The minimum Gasteiger partial charge on any atom is -0.497 e. The summed E-state index contributed by atoms with van der Waals surface area (Å²) in [6.07, 6.45) is 3.79. The first-order chi connectivity index (χ1) is 17.0. The Labute approximate surface area is 210 Å². The zero-order valence-electron chi connectivity index (χ0n) is 20.3. The summed E-state index contributed by atoms with van der Waals surface area (Å²) in [5.41, 5.74) is 6.75. The maximum absolute atomic E-state index is 12.7. The van der Waals surface area contributed by atoms with Crippen LogP contribution in [-0.4, -0.2) is 31.4 Å². The number of carbonyl (C=O) groups excluding carboxylic acids is 1. The molecule has 4 rings (SSSR count). The van der Waals surface area contributed by atoms with Crippen LogP contribution >= 0.6 is 11.8 Å². The van der Waals surface area contributed by atoms with Crippen LogP contribution in [0, 0.1) is 6.92 Å². The van der Waals surface area contributed by atoms with E-state index in [4.69, 9.17) is 9.47 Å². The predicted molar refractivity (Wildman–Crippen MR) is 142 cm³/mol. The maximum atomic E-state index is 12.7. The summed E-state index contributed by atoms with van der Waals surface area (Å²) in [5.74, 6) is 1.37. The molecule has 0 saturated heterocycles. The van der Waals surface area contributed by atoms with Crippen LogP contribution in [0.4, 0.5) is 0 Å². The number of nitrogens with zero attached hydrogens (tertiary/aromatic N) is 1. The topological polar surface area (TPSA) is 60.5 Å². The lowest BCUT2D eigenvalue weighted by molar-refractivity contribution is 0.0950. The second-order valence-electron chi connectivity index (χ2n) is 8.09. The number of methoxy groups -OCH3 is 2. The van der Waals surface area contributed by atoms with Crippen LogP contribution < -0.4 is 14.8 Å². The van der Waals surface area contributed by atoms with Gasteiger partial charge in [0, 0.05) is 22.7 Å². The van der Waals surface area contributed by atoms with Gasteiger partial charge in [-0.25, -0.2) is 0 Å². The SMILES string of the molecule is COc1cc(OC)cc(-c2cccc(-c3ccnc(CNC(=O)c4ccc(C)c(SC)c4)c3)c2)c1. The first kappa shape index (κ1) is 24.4. The van der Waals surface area contributed by atoms with Crippen LogP contribution in [0.2, 0.25) is 0 Å². The van der Waals surface area contributed by atoms with Crippen molar-refractivity contribution in [1.29, 1.82) is 0 Å². The fraction of sp³-hybridized carbons (Fsp3) is 0.172. The largest absolute Gasteiger partial charge is 0.497 e. The maximum Gasteiger partial charge on any atom is 0.251 e. The number of benzene rings is 3. The van der Waals surface area contributed by atoms with Crippen LogP contribution in [0.25, 0.3) is 22.3 Å². The molecule has 178 valence electrons. The van der Waals surface area contributed by atoms with E-state index >= 15 is 0 Å². The molecule has 0 saturated carbocycles. The van der Waals surface area contributed by atoms with Crippen molar-refractivity contribution in [3.63, 3.8) is 0 Å². The Kier molecular flexibility index (Phi) is 7.73. The fourth-order valence-electron chi connectivity index (χ4n) is 3.84. The van der Waals surface area contributed by atoms with E-state index in [0.717, 1.165) is 49.9 Å². The standard InChI is InChI=1S/C29H28N2O3S/c1-19-8-9-23(16-28(19)35-4)29(32)31-18-25-13-22(10-11-30-25)20-6-5-7-21(12-20)24-14-26(33-2)17-27(15-24)34-3/h5-17H,18H2,1-4H3,(H,31,32). The van der Waals surface area contributed by atoms with Crippen molar-refractivity contribution >= 4 is 17.7 Å². The van der Waals surface area contributed by atoms with E-state index in [1.165, 1.54) is 0 Å². The van der Waals surface area contributed by atoms with Gasteiger partial charge in [-0.1, -0.05) is 24.3 Å². The molecule has 1 N–H and O–H groups in total. The third-order valence-corrected chi connectivity index (χ3v) is 6.68. The Morgan fingerprint density at radius 2 is 1.54 bits per heavy atom. The van der Waals surface area contributed by atoms with Crippen LogP contribution in [0.1, 0.15) is 21.6 Å². The summed E-state index contributed by atoms with van der Waals surface area (Å²) in [7, 11) is 3.29. The molecule has 0 atom stereocenters. The van der Waals surface area contributed by atoms with Crippen LogP contribution in [0.5, 0.6) is 11.5 Å². The van der Waals surface area contributed by atoms with Gasteiger partial charge in [0.2, 0.25) is 0 Å². The summed E-state index contributed by atoms with van der Waals surface area (Å²) < 4.78 is 10.8. The van der Waals surface area contributed by atoms with Crippen LogP contribution in [-0.2, 0) is 6.54 Å². The van der Waals surface area contributed by atoms with Crippen molar-refractivity contribution in [3.05, 3.63) is 95.8 Å². The number of hydrogen-bond donors (Lipinski definition) is 1. The van der Waals surface area contributed by atoms with Crippen LogP contribution in [0.15, 0.2) is 83.9 Å². The van der Waals surface area contributed by atoms with Crippen LogP contribution in [0.3, 0.4) is 0 Å². The van der Waals surface area contributed by atoms with Gasteiger partial charge < -0.3 is 14.8 Å². The van der Waals surface area contributed by atoms with E-state index < -0.39 is 0 Å². The van der Waals surface area contributed by atoms with Gasteiger partial charge in [-0.05, 0) is 83.5 Å². The summed E-state index contributed by atoms with van der Waals surface area (Å²) in [6.45, 7) is 2.39. The summed E-state index contributed by atoms with van der Waals surface area (Å²) in [4.78, 5) is 18.2. The molecule has 0 bridgehead atoms. The Balaban J connectivity index is 1.53. The molecule has 4 aromatic rings. The Hall–Kier alpha value is -3.77. The zero-order chi connectivity index (χ0) is 24.8. The number of carbonyl (C=O) groups is 1. The molecule has 0 unspecified atom stereocenters. The molecular weight excluding hydrogens is 456 g/mol. The number of hydrogen-bond acceptors (Lipinski definition) is 5. The van der Waals surface area contributed by atoms with Gasteiger partial charge in [-0.15, -0.1) is 11.8 Å². The van der Waals surface area contributed by atoms with Crippen molar-refractivity contribution in [3.8, 4) is 33.8 Å². The average Bonchev–Trinajstić information content (AvgIpc) is 2.91. The van der Waals surface area contributed by atoms with Gasteiger partial charge in [0.05, 0.1) is 26.5 Å². The number of ether oxygens (including phenoxy) is 2. The third kappa shape index (κ3) is 5.84. The highest BCUT2D eigenvalue weighted by molar-refractivity contribution is 7.98. The number of aryl methyl sites for hydroxylation is 1. The fourth-order valence-corrected chi connectivity index (χ4v) is 4.48. The van der Waals surface area contributed by atoms with Crippen molar-refractivity contribution in [1.82, 2.24) is 10.3 Å². The number of thioether (sulfide) groups is 1. The van der Waals surface area contributed by atoms with E-state index in [1.54, 1.807) is 32.2 Å². The van der Waals surface area contributed by atoms with E-state index in [9.17, 15) is 4.79 Å². The molecular formula is C29H28N2O3S. The van der Waals surface area contributed by atoms with E-state index in [2.05, 4.69) is 28.5 Å². The van der Waals surface area contributed by atoms with Gasteiger partial charge in [-0.3, -0.25) is 9.78 Å². The highest BCUT2D eigenvalue weighted by Crippen LogP contribution is 2.32. The molecule has 1 aromatic heterocycles. The van der Waals surface area contributed by atoms with E-state index in [1.807, 2.05) is 67.8 Å². The molecule has 0 aliphatic rings. The lowest BCUT2D eigenvalue weighted by Crippen LogP contribution is -2.23. The zero-order valence-corrected chi connectivity index (χ0v) is 21.1. The molecule has 35 heavy (non-hydrogen) atoms. The summed E-state index contributed by atoms with van der Waals surface area (Å²) in [5, 5.41) is 2.99. The lowest BCUT2D eigenvalue weighted by Gasteiger charge is -2.11. The van der Waals surface area contributed by atoms with Gasteiger partial charge in [0.15, 0.2) is 0 Å². The van der Waals surface area contributed by atoms with Crippen molar-refractivity contribution in [2.45, 2.75) is 18.4 Å². The highest BCUT2D eigenvalue weighted by atomic mass is 32.2. The monoisotopic (exact) mass is 484 g/mol. The quantitative estimate of drug-likeness (QED) is 0.294. The molecule has 0 aliphatic heterocycles. The predicted octanol–water partition coefficient (Wildman–Crippen LogP) is 6.39. The van der Waals surface area contributed by atoms with E-state index in [-0.39, 0.29) is 5.91 Å². The molecule has 5 nitrogen and oxygen atoms in total. The van der Waals surface area contributed by atoms with Crippen molar-refractivity contribution < 1.29 is 14.3 Å². The van der Waals surface area contributed by atoms with Gasteiger partial charge in [0.25, 0.3) is 5.91 Å². The molecule has 0 radical (unpaired) electrons. The third-order valence-electron chi connectivity index (χ3n) is 5.80. The van der Waals surface area contributed by atoms with Gasteiger partial charge in [0.1, 0.15) is 11.5 Å². The second-order valence-corrected chi connectivity index (χ2v) is 8.93. The Morgan fingerprint density at radius 3 is 2.23 bits per heavy atom. The number of nitrogens with one attached hydrogen (secondary N) is 1. The minimum absolute atomic E-state index is 0.110. The summed E-state index contributed by atoms with van der Waals surface area (Å²) in [6, 6.07) is 23.9.